The third-order valence-electron chi connectivity index (χ3n) is 2.55. The Morgan fingerprint density at radius 2 is 1.69 bits per heavy atom. The van der Waals surface area contributed by atoms with E-state index in [4.69, 9.17) is 14.6 Å². The first-order valence-electron chi connectivity index (χ1n) is 5.00. The number of aliphatic hydroxyl groups excluding tert-OH is 1. The quantitative estimate of drug-likeness (QED) is 0.775. The second-order valence-electron chi connectivity index (χ2n) is 3.65. The number of benzene rings is 1. The van der Waals surface area contributed by atoms with E-state index < -0.39 is 12.2 Å². The Hall–Kier alpha value is -1.58. The van der Waals surface area contributed by atoms with Gasteiger partial charge in [0.25, 0.3) is 0 Å². The molecule has 0 spiro atoms. The molecule has 0 saturated carbocycles. The highest BCUT2D eigenvalue weighted by Gasteiger charge is 2.12. The molecular weight excluding hydrogens is 204 g/mol. The smallest absolute Gasteiger partial charge is 0.158 e. The maximum absolute atomic E-state index is 9.01. The molecule has 0 saturated heterocycles. The Labute approximate surface area is 94.0 Å². The van der Waals surface area contributed by atoms with Gasteiger partial charge in [0.2, 0.25) is 0 Å². The van der Waals surface area contributed by atoms with E-state index in [2.05, 4.69) is 6.92 Å². The average Bonchev–Trinajstić information content (AvgIpc) is 2.81. The van der Waals surface area contributed by atoms with Crippen LogP contribution in [0.2, 0.25) is 0 Å². The molecule has 0 aliphatic rings. The molecule has 16 heavy (non-hydrogen) atoms. The van der Waals surface area contributed by atoms with Crippen molar-refractivity contribution in [3.63, 3.8) is 0 Å². The van der Waals surface area contributed by atoms with Crippen molar-refractivity contribution in [1.29, 1.82) is 0 Å². The Bertz CT molecular complexity index is 429. The minimum atomic E-state index is -1.43. The summed E-state index contributed by atoms with van der Waals surface area (Å²) in [5.74, 6) is -0.529. The van der Waals surface area contributed by atoms with Gasteiger partial charge >= 0.3 is 0 Å². The van der Waals surface area contributed by atoms with E-state index in [1.165, 1.54) is 0 Å². The fourth-order valence-corrected chi connectivity index (χ4v) is 1.52. The predicted octanol–water partition coefficient (Wildman–Crippen LogP) is 2.17. The van der Waals surface area contributed by atoms with Crippen molar-refractivity contribution in [2.24, 2.45) is 0 Å². The maximum Gasteiger partial charge on any atom is 0.158 e. The largest absolute Gasteiger partial charge is 0.472 e. The highest BCUT2D eigenvalue weighted by atomic mass is 16.5. The number of furan rings is 1. The molecule has 1 aromatic heterocycles. The van der Waals surface area contributed by atoms with Crippen molar-refractivity contribution in [3.05, 3.63) is 55.3 Å². The van der Waals surface area contributed by atoms with Gasteiger partial charge in [0, 0.05) is 11.5 Å². The molecule has 1 radical (unpaired) electrons. The first-order valence-corrected chi connectivity index (χ1v) is 5.00. The second kappa shape index (κ2) is 4.51. The lowest BCUT2D eigenvalue weighted by Gasteiger charge is -2.13. The Morgan fingerprint density at radius 3 is 2.19 bits per heavy atom. The number of rotatable bonds is 3. The molecule has 0 bridgehead atoms. The summed E-state index contributed by atoms with van der Waals surface area (Å²) in [4.78, 5) is 0. The van der Waals surface area contributed by atoms with Crippen molar-refractivity contribution in [1.82, 2.24) is 0 Å². The summed E-state index contributed by atoms with van der Waals surface area (Å²) in [6.07, 6.45) is 1.85. The van der Waals surface area contributed by atoms with E-state index in [1.807, 2.05) is 30.3 Å². The molecule has 0 aliphatic heterocycles. The van der Waals surface area contributed by atoms with Gasteiger partial charge < -0.3 is 14.6 Å². The third-order valence-corrected chi connectivity index (χ3v) is 2.55. The summed E-state index contributed by atoms with van der Waals surface area (Å²) < 4.78 is 4.99. The van der Waals surface area contributed by atoms with Crippen LogP contribution < -0.4 is 0 Å². The summed E-state index contributed by atoms with van der Waals surface area (Å²) in [5.41, 5.74) is 2.82. The van der Waals surface area contributed by atoms with Crippen LogP contribution in [0.3, 0.4) is 0 Å². The minimum Gasteiger partial charge on any atom is -0.472 e. The van der Waals surface area contributed by atoms with Crippen molar-refractivity contribution in [3.8, 4) is 11.1 Å². The first kappa shape index (κ1) is 10.9. The molecule has 0 amide bonds. The highest BCUT2D eigenvalue weighted by molar-refractivity contribution is 5.62. The zero-order valence-corrected chi connectivity index (χ0v) is 8.71. The number of hydrogen-bond acceptors (Lipinski definition) is 3. The molecule has 1 aromatic carbocycles. The molecule has 1 heterocycles. The highest BCUT2D eigenvalue weighted by Crippen LogP contribution is 2.23. The molecule has 0 aliphatic carbocycles. The fraction of sp³-hybridized carbons (Fsp3) is 0.154. The Kier molecular flexibility index (Phi) is 3.08. The molecule has 2 rings (SSSR count). The van der Waals surface area contributed by atoms with Gasteiger partial charge in [-0.25, -0.2) is 0 Å². The van der Waals surface area contributed by atoms with Gasteiger partial charge in [-0.1, -0.05) is 24.3 Å². The van der Waals surface area contributed by atoms with Gasteiger partial charge in [0.05, 0.1) is 12.5 Å². The third kappa shape index (κ3) is 2.15. The molecule has 83 valence electrons. The van der Waals surface area contributed by atoms with E-state index in [1.54, 1.807) is 12.5 Å². The van der Waals surface area contributed by atoms with Gasteiger partial charge in [-0.2, -0.15) is 0 Å². The average molecular weight is 217 g/mol. The Balaban J connectivity index is 2.23. The Morgan fingerprint density at radius 1 is 1.00 bits per heavy atom. The SMILES string of the molecule is [CH2]C(c1ccc(-c2ccoc2)cc1)C(O)O. The van der Waals surface area contributed by atoms with E-state index in [0.717, 1.165) is 16.7 Å². The van der Waals surface area contributed by atoms with Crippen LogP contribution in [0.15, 0.2) is 47.3 Å². The molecule has 1 atom stereocenters. The maximum atomic E-state index is 9.01. The summed E-state index contributed by atoms with van der Waals surface area (Å²) in [5, 5.41) is 18.0. The molecule has 2 N–H and O–H groups in total. The number of aliphatic hydroxyl groups is 2. The van der Waals surface area contributed by atoms with Crippen molar-refractivity contribution in [2.75, 3.05) is 0 Å². The van der Waals surface area contributed by atoms with Gasteiger partial charge in [-0.15, -0.1) is 0 Å². The van der Waals surface area contributed by atoms with Gasteiger partial charge in [0.1, 0.15) is 0 Å². The predicted molar refractivity (Wildman–Crippen MR) is 60.5 cm³/mol. The van der Waals surface area contributed by atoms with Gasteiger partial charge in [-0.05, 0) is 24.1 Å². The minimum absolute atomic E-state index is 0.529. The zero-order chi connectivity index (χ0) is 11.5. The summed E-state index contributed by atoms with van der Waals surface area (Å²) >= 11 is 0. The monoisotopic (exact) mass is 217 g/mol. The van der Waals surface area contributed by atoms with E-state index in [-0.39, 0.29) is 0 Å². The van der Waals surface area contributed by atoms with Crippen molar-refractivity contribution >= 4 is 0 Å². The molecule has 3 heteroatoms. The van der Waals surface area contributed by atoms with Crippen LogP contribution in [0.25, 0.3) is 11.1 Å². The van der Waals surface area contributed by atoms with Crippen LogP contribution in [0.5, 0.6) is 0 Å². The first-order chi connectivity index (χ1) is 7.68. The topological polar surface area (TPSA) is 53.6 Å². The van der Waals surface area contributed by atoms with Crippen molar-refractivity contribution < 1.29 is 14.6 Å². The van der Waals surface area contributed by atoms with E-state index >= 15 is 0 Å². The van der Waals surface area contributed by atoms with Gasteiger partial charge in [-0.3, -0.25) is 0 Å². The normalized spacial score (nSPS) is 13.0. The number of hydrogen-bond donors (Lipinski definition) is 2. The summed E-state index contributed by atoms with van der Waals surface area (Å²) in [7, 11) is 0. The lowest BCUT2D eigenvalue weighted by Crippen LogP contribution is -2.14. The molecule has 0 fully saturated rings. The summed E-state index contributed by atoms with van der Waals surface area (Å²) in [6.45, 7) is 3.68. The van der Waals surface area contributed by atoms with Crippen LogP contribution in [0.1, 0.15) is 11.5 Å². The summed E-state index contributed by atoms with van der Waals surface area (Å²) in [6, 6.07) is 9.35. The molecule has 2 aromatic rings. The lowest BCUT2D eigenvalue weighted by atomic mass is 9.98. The van der Waals surface area contributed by atoms with Gasteiger partial charge in [0.15, 0.2) is 6.29 Å². The standard InChI is InChI=1S/C13H13O3/c1-9(13(14)15)10-2-4-11(5-3-10)12-6-7-16-8-12/h2-9,13-15H,1H2. The van der Waals surface area contributed by atoms with Crippen LogP contribution in [-0.2, 0) is 0 Å². The van der Waals surface area contributed by atoms with Crippen LogP contribution >= 0.6 is 0 Å². The van der Waals surface area contributed by atoms with E-state index in [9.17, 15) is 0 Å². The lowest BCUT2D eigenvalue weighted by molar-refractivity contribution is -0.0503. The zero-order valence-electron chi connectivity index (χ0n) is 8.71. The molecule has 1 unspecified atom stereocenters. The van der Waals surface area contributed by atoms with Crippen LogP contribution in [0, 0.1) is 6.92 Å². The molecule has 3 nitrogen and oxygen atoms in total. The second-order valence-corrected chi connectivity index (χ2v) is 3.65. The van der Waals surface area contributed by atoms with Crippen LogP contribution in [0.4, 0.5) is 0 Å². The molecular formula is C13H13O3. The van der Waals surface area contributed by atoms with Crippen LogP contribution in [-0.4, -0.2) is 16.5 Å². The fourth-order valence-electron chi connectivity index (χ4n) is 1.52. The van der Waals surface area contributed by atoms with E-state index in [0.29, 0.717) is 0 Å². The van der Waals surface area contributed by atoms with Crippen molar-refractivity contribution in [2.45, 2.75) is 12.2 Å².